The maximum Gasteiger partial charge on any atom is 0.233 e. The van der Waals surface area contributed by atoms with Crippen LogP contribution in [0.1, 0.15) is 41.2 Å². The number of likely N-dealkylation sites (tertiary alicyclic amines) is 1. The molecule has 2 aromatic carbocycles. The Labute approximate surface area is 139 Å². The Hall–Kier alpha value is -2.09. The molecule has 0 aromatic heterocycles. The summed E-state index contributed by atoms with van der Waals surface area (Å²) in [5.74, 6) is 0.253. The van der Waals surface area contributed by atoms with Crippen molar-refractivity contribution >= 4 is 5.91 Å². The molecular weight excluding hydrogens is 282 g/mol. The van der Waals surface area contributed by atoms with Gasteiger partial charge < -0.3 is 4.90 Å². The first-order valence-corrected chi connectivity index (χ1v) is 8.33. The lowest BCUT2D eigenvalue weighted by molar-refractivity contribution is -0.132. The van der Waals surface area contributed by atoms with Crippen LogP contribution < -0.4 is 0 Å². The Bertz CT molecular complexity index is 712. The fraction of sp³-hybridized carbons (Fsp3) is 0.381. The van der Waals surface area contributed by atoms with Gasteiger partial charge in [0, 0.05) is 13.1 Å². The van der Waals surface area contributed by atoms with Gasteiger partial charge in [-0.3, -0.25) is 4.79 Å². The minimum Gasteiger partial charge on any atom is -0.338 e. The normalized spacial score (nSPS) is 21.0. The summed E-state index contributed by atoms with van der Waals surface area (Å²) in [6.07, 6.45) is 0.889. The van der Waals surface area contributed by atoms with Gasteiger partial charge in [-0.25, -0.2) is 0 Å². The Morgan fingerprint density at radius 2 is 1.65 bits per heavy atom. The lowest BCUT2D eigenvalue weighted by Crippen LogP contribution is -2.35. The molecule has 120 valence electrons. The van der Waals surface area contributed by atoms with Crippen LogP contribution in [-0.2, 0) is 16.8 Å². The predicted octanol–water partition coefficient (Wildman–Crippen LogP) is 4.30. The van der Waals surface area contributed by atoms with Crippen LogP contribution >= 0.6 is 0 Å². The molecule has 0 spiro atoms. The van der Waals surface area contributed by atoms with Gasteiger partial charge in [0.25, 0.3) is 0 Å². The standard InChI is InChI=1S/C21H25NO/c1-15-12-16(2)19(17(3)13-15)14-22-11-10-21(4,20(22)23)18-8-6-5-7-9-18/h5-9,12-13H,10-11,14H2,1-4H3. The molecule has 1 fully saturated rings. The molecule has 3 rings (SSSR count). The van der Waals surface area contributed by atoms with E-state index < -0.39 is 0 Å². The zero-order valence-electron chi connectivity index (χ0n) is 14.5. The molecule has 2 heteroatoms. The molecule has 1 aliphatic rings. The highest BCUT2D eigenvalue weighted by atomic mass is 16.2. The number of benzene rings is 2. The summed E-state index contributed by atoms with van der Waals surface area (Å²) in [5, 5.41) is 0. The van der Waals surface area contributed by atoms with Crippen molar-refractivity contribution in [1.29, 1.82) is 0 Å². The first-order chi connectivity index (χ1) is 10.9. The number of aryl methyl sites for hydroxylation is 3. The van der Waals surface area contributed by atoms with Crippen LogP contribution in [0.3, 0.4) is 0 Å². The summed E-state index contributed by atoms with van der Waals surface area (Å²) in [5.41, 5.74) is 5.89. The quantitative estimate of drug-likeness (QED) is 0.828. The second kappa shape index (κ2) is 5.84. The minimum absolute atomic E-state index is 0.253. The van der Waals surface area contributed by atoms with Gasteiger partial charge in [-0.2, -0.15) is 0 Å². The molecule has 1 atom stereocenters. The SMILES string of the molecule is Cc1cc(C)c(CN2CCC(C)(c3ccccc3)C2=O)c(C)c1. The highest BCUT2D eigenvalue weighted by molar-refractivity contribution is 5.90. The summed E-state index contributed by atoms with van der Waals surface area (Å²) >= 11 is 0. The molecule has 0 aliphatic carbocycles. The molecule has 2 nitrogen and oxygen atoms in total. The molecule has 0 radical (unpaired) electrons. The van der Waals surface area contributed by atoms with Crippen molar-refractivity contribution in [2.45, 2.75) is 46.1 Å². The largest absolute Gasteiger partial charge is 0.338 e. The molecule has 1 amide bonds. The van der Waals surface area contributed by atoms with Crippen LogP contribution in [0, 0.1) is 20.8 Å². The van der Waals surface area contributed by atoms with Crippen LogP contribution in [0.15, 0.2) is 42.5 Å². The lowest BCUT2D eigenvalue weighted by atomic mass is 9.81. The summed E-state index contributed by atoms with van der Waals surface area (Å²) in [4.78, 5) is 15.1. The minimum atomic E-state index is -0.381. The van der Waals surface area contributed by atoms with Crippen molar-refractivity contribution in [3.8, 4) is 0 Å². The average molecular weight is 307 g/mol. The molecule has 0 N–H and O–H groups in total. The number of carbonyl (C=O) groups excluding carboxylic acids is 1. The van der Waals surface area contributed by atoms with E-state index in [9.17, 15) is 4.79 Å². The van der Waals surface area contributed by atoms with E-state index in [1.54, 1.807) is 0 Å². The van der Waals surface area contributed by atoms with Crippen LogP contribution in [0.4, 0.5) is 0 Å². The van der Waals surface area contributed by atoms with Crippen molar-refractivity contribution in [3.63, 3.8) is 0 Å². The topological polar surface area (TPSA) is 20.3 Å². The molecule has 1 aliphatic heterocycles. The molecule has 0 saturated carbocycles. The first-order valence-electron chi connectivity index (χ1n) is 8.33. The zero-order chi connectivity index (χ0) is 16.6. The van der Waals surface area contributed by atoms with E-state index in [0.717, 1.165) is 25.1 Å². The molecule has 2 aromatic rings. The number of hydrogen-bond donors (Lipinski definition) is 0. The number of rotatable bonds is 3. The molecule has 1 unspecified atom stereocenters. The first kappa shape index (κ1) is 15.8. The highest BCUT2D eigenvalue weighted by Gasteiger charge is 2.43. The van der Waals surface area contributed by atoms with Crippen LogP contribution in [0.2, 0.25) is 0 Å². The zero-order valence-corrected chi connectivity index (χ0v) is 14.5. The Balaban J connectivity index is 1.86. The third-order valence-electron chi connectivity index (χ3n) is 5.24. The highest BCUT2D eigenvalue weighted by Crippen LogP contribution is 2.36. The van der Waals surface area contributed by atoms with Gasteiger partial charge >= 0.3 is 0 Å². The lowest BCUT2D eigenvalue weighted by Gasteiger charge is -2.25. The Morgan fingerprint density at radius 3 is 2.26 bits per heavy atom. The second-order valence-electron chi connectivity index (χ2n) is 7.05. The van der Waals surface area contributed by atoms with Gasteiger partial charge in [-0.05, 0) is 56.4 Å². The van der Waals surface area contributed by atoms with Gasteiger partial charge in [0.2, 0.25) is 5.91 Å². The van der Waals surface area contributed by atoms with Crippen molar-refractivity contribution in [2.24, 2.45) is 0 Å². The maximum absolute atomic E-state index is 13.0. The number of nitrogens with zero attached hydrogens (tertiary/aromatic N) is 1. The Kier molecular flexibility index (Phi) is 4.01. The van der Waals surface area contributed by atoms with Crippen LogP contribution in [0.5, 0.6) is 0 Å². The monoisotopic (exact) mass is 307 g/mol. The third kappa shape index (κ3) is 2.78. The molecule has 1 saturated heterocycles. The van der Waals surface area contributed by atoms with E-state index in [1.807, 2.05) is 23.1 Å². The van der Waals surface area contributed by atoms with E-state index in [0.29, 0.717) is 0 Å². The van der Waals surface area contributed by atoms with Gasteiger partial charge in [-0.15, -0.1) is 0 Å². The van der Waals surface area contributed by atoms with E-state index in [2.05, 4.69) is 52.0 Å². The third-order valence-corrected chi connectivity index (χ3v) is 5.24. The van der Waals surface area contributed by atoms with Gasteiger partial charge in [0.15, 0.2) is 0 Å². The summed E-state index contributed by atoms with van der Waals surface area (Å²) < 4.78 is 0. The number of carbonyl (C=O) groups is 1. The van der Waals surface area contributed by atoms with Crippen molar-refractivity contribution in [2.75, 3.05) is 6.54 Å². The fourth-order valence-corrected chi connectivity index (χ4v) is 3.79. The predicted molar refractivity (Wildman–Crippen MR) is 94.5 cm³/mol. The fourth-order valence-electron chi connectivity index (χ4n) is 3.79. The van der Waals surface area contributed by atoms with Gasteiger partial charge in [0.05, 0.1) is 5.41 Å². The van der Waals surface area contributed by atoms with Gasteiger partial charge in [0.1, 0.15) is 0 Å². The summed E-state index contributed by atoms with van der Waals surface area (Å²) in [6, 6.07) is 14.6. The molecule has 0 bridgehead atoms. The molecular formula is C21H25NO. The second-order valence-corrected chi connectivity index (χ2v) is 7.05. The van der Waals surface area contributed by atoms with E-state index >= 15 is 0 Å². The van der Waals surface area contributed by atoms with Crippen LogP contribution in [-0.4, -0.2) is 17.4 Å². The molecule has 23 heavy (non-hydrogen) atoms. The van der Waals surface area contributed by atoms with E-state index in [4.69, 9.17) is 0 Å². The molecule has 1 heterocycles. The maximum atomic E-state index is 13.0. The van der Waals surface area contributed by atoms with Gasteiger partial charge in [-0.1, -0.05) is 48.0 Å². The van der Waals surface area contributed by atoms with Crippen molar-refractivity contribution in [1.82, 2.24) is 4.90 Å². The average Bonchev–Trinajstić information content (AvgIpc) is 2.81. The summed E-state index contributed by atoms with van der Waals surface area (Å²) in [7, 11) is 0. The summed E-state index contributed by atoms with van der Waals surface area (Å²) in [6.45, 7) is 10.0. The smallest absolute Gasteiger partial charge is 0.233 e. The van der Waals surface area contributed by atoms with Crippen molar-refractivity contribution < 1.29 is 4.79 Å². The van der Waals surface area contributed by atoms with Crippen molar-refractivity contribution in [3.05, 3.63) is 70.3 Å². The van der Waals surface area contributed by atoms with E-state index in [-0.39, 0.29) is 11.3 Å². The number of amides is 1. The van der Waals surface area contributed by atoms with Crippen LogP contribution in [0.25, 0.3) is 0 Å². The Morgan fingerprint density at radius 1 is 1.04 bits per heavy atom. The van der Waals surface area contributed by atoms with E-state index in [1.165, 1.54) is 22.3 Å². The number of hydrogen-bond acceptors (Lipinski definition) is 1.